The second kappa shape index (κ2) is 5.48. The number of hydrogen-bond donors (Lipinski definition) is 2. The number of rotatable bonds is 8. The number of nitrogens with one attached hydrogen (secondary N) is 1. The van der Waals surface area contributed by atoms with Gasteiger partial charge in [-0.05, 0) is 38.3 Å². The highest BCUT2D eigenvalue weighted by molar-refractivity contribution is 5.08. The highest BCUT2D eigenvalue weighted by Gasteiger charge is 2.51. The maximum absolute atomic E-state index is 5.94. The van der Waals surface area contributed by atoms with Crippen LogP contribution in [0.5, 0.6) is 0 Å². The number of nitrogens with zero attached hydrogens (tertiary/aromatic N) is 1. The van der Waals surface area contributed by atoms with Crippen LogP contribution in [0.15, 0.2) is 0 Å². The van der Waals surface area contributed by atoms with Crippen molar-refractivity contribution < 1.29 is 0 Å². The molecule has 0 aliphatic heterocycles. The van der Waals surface area contributed by atoms with Gasteiger partial charge in [-0.3, -0.25) is 0 Å². The minimum Gasteiger partial charge on any atom is -0.329 e. The highest BCUT2D eigenvalue weighted by atomic mass is 15.1. The van der Waals surface area contributed by atoms with Gasteiger partial charge in [-0.2, -0.15) is 0 Å². The largest absolute Gasteiger partial charge is 0.329 e. The Morgan fingerprint density at radius 3 is 2.25 bits per heavy atom. The van der Waals surface area contributed by atoms with Crippen LogP contribution >= 0.6 is 0 Å². The van der Waals surface area contributed by atoms with Gasteiger partial charge in [0, 0.05) is 25.2 Å². The molecule has 1 aliphatic carbocycles. The first-order valence-electron chi connectivity index (χ1n) is 6.69. The molecule has 0 heterocycles. The molecule has 1 fully saturated rings. The normalized spacial score (nSPS) is 22.1. The van der Waals surface area contributed by atoms with Crippen LogP contribution < -0.4 is 11.1 Å². The molecule has 0 aromatic rings. The van der Waals surface area contributed by atoms with E-state index in [9.17, 15) is 0 Å². The zero-order valence-electron chi connectivity index (χ0n) is 11.5. The van der Waals surface area contributed by atoms with Gasteiger partial charge in [0.2, 0.25) is 0 Å². The minimum atomic E-state index is 0.125. The van der Waals surface area contributed by atoms with E-state index in [0.29, 0.717) is 5.41 Å². The van der Waals surface area contributed by atoms with Crippen LogP contribution in [0.25, 0.3) is 0 Å². The molecule has 0 saturated heterocycles. The van der Waals surface area contributed by atoms with Crippen molar-refractivity contribution in [2.24, 2.45) is 11.1 Å². The maximum Gasteiger partial charge on any atom is 0.0330 e. The zero-order chi connectivity index (χ0) is 12.2. The van der Waals surface area contributed by atoms with E-state index < -0.39 is 0 Å². The molecule has 0 aromatic carbocycles. The summed E-state index contributed by atoms with van der Waals surface area (Å²) in [5.74, 6) is 0. The van der Waals surface area contributed by atoms with E-state index in [4.69, 9.17) is 5.73 Å². The summed E-state index contributed by atoms with van der Waals surface area (Å²) in [6.07, 6.45) is 2.64. The molecule has 1 aliphatic rings. The highest BCUT2D eigenvalue weighted by Crippen LogP contribution is 2.53. The second-order valence-corrected chi connectivity index (χ2v) is 5.55. The second-order valence-electron chi connectivity index (χ2n) is 5.55. The van der Waals surface area contributed by atoms with Crippen LogP contribution in [0.2, 0.25) is 0 Å². The first-order valence-corrected chi connectivity index (χ1v) is 6.69. The van der Waals surface area contributed by atoms with E-state index in [0.717, 1.165) is 32.7 Å². The van der Waals surface area contributed by atoms with E-state index in [2.05, 4.69) is 37.9 Å². The van der Waals surface area contributed by atoms with Crippen molar-refractivity contribution in [1.29, 1.82) is 0 Å². The first-order chi connectivity index (χ1) is 7.51. The third-order valence-electron chi connectivity index (χ3n) is 4.58. The molecule has 0 amide bonds. The summed E-state index contributed by atoms with van der Waals surface area (Å²) in [4.78, 5) is 2.44. The van der Waals surface area contributed by atoms with E-state index in [1.165, 1.54) is 12.8 Å². The number of nitrogens with two attached hydrogens (primary N) is 1. The SMILES string of the molecule is CCN(CC)CCNC(C)(CN)C1(C)CC1. The van der Waals surface area contributed by atoms with Gasteiger partial charge in [0.25, 0.3) is 0 Å². The standard InChI is InChI=1S/C13H29N3/c1-5-16(6-2)10-9-15-13(4,11-14)12(3)7-8-12/h15H,5-11,14H2,1-4H3. The number of likely N-dealkylation sites (N-methyl/N-ethyl adjacent to an activating group) is 1. The molecule has 3 nitrogen and oxygen atoms in total. The molecule has 1 saturated carbocycles. The zero-order valence-corrected chi connectivity index (χ0v) is 11.5. The maximum atomic E-state index is 5.94. The summed E-state index contributed by atoms with van der Waals surface area (Å²) in [5.41, 5.74) is 6.50. The van der Waals surface area contributed by atoms with Gasteiger partial charge in [-0.1, -0.05) is 20.8 Å². The van der Waals surface area contributed by atoms with Gasteiger partial charge in [0.1, 0.15) is 0 Å². The smallest absolute Gasteiger partial charge is 0.0330 e. The van der Waals surface area contributed by atoms with Gasteiger partial charge in [-0.15, -0.1) is 0 Å². The summed E-state index contributed by atoms with van der Waals surface area (Å²) in [6.45, 7) is 14.2. The molecule has 0 bridgehead atoms. The molecule has 1 atom stereocenters. The van der Waals surface area contributed by atoms with Crippen LogP contribution in [0.1, 0.15) is 40.5 Å². The molecule has 96 valence electrons. The summed E-state index contributed by atoms with van der Waals surface area (Å²) < 4.78 is 0. The van der Waals surface area contributed by atoms with Crippen molar-refractivity contribution in [3.05, 3.63) is 0 Å². The molecular weight excluding hydrogens is 198 g/mol. The lowest BCUT2D eigenvalue weighted by Crippen LogP contribution is -2.56. The molecule has 1 unspecified atom stereocenters. The summed E-state index contributed by atoms with van der Waals surface area (Å²) in [7, 11) is 0. The third-order valence-corrected chi connectivity index (χ3v) is 4.58. The average molecular weight is 227 g/mol. The van der Waals surface area contributed by atoms with Crippen molar-refractivity contribution >= 4 is 0 Å². The van der Waals surface area contributed by atoms with Gasteiger partial charge in [-0.25, -0.2) is 0 Å². The van der Waals surface area contributed by atoms with Gasteiger partial charge >= 0.3 is 0 Å². The average Bonchev–Trinajstić information content (AvgIpc) is 3.04. The lowest BCUT2D eigenvalue weighted by molar-refractivity contribution is 0.213. The Balaban J connectivity index is 2.34. The summed E-state index contributed by atoms with van der Waals surface area (Å²) in [5, 5.41) is 3.68. The summed E-state index contributed by atoms with van der Waals surface area (Å²) in [6, 6.07) is 0. The van der Waals surface area contributed by atoms with Crippen LogP contribution in [-0.2, 0) is 0 Å². The van der Waals surface area contributed by atoms with Crippen molar-refractivity contribution in [3.8, 4) is 0 Å². The van der Waals surface area contributed by atoms with Crippen LogP contribution in [-0.4, -0.2) is 43.2 Å². The molecule has 0 spiro atoms. The fraction of sp³-hybridized carbons (Fsp3) is 1.00. The Hall–Kier alpha value is -0.120. The number of hydrogen-bond acceptors (Lipinski definition) is 3. The van der Waals surface area contributed by atoms with E-state index in [1.54, 1.807) is 0 Å². The van der Waals surface area contributed by atoms with Crippen molar-refractivity contribution in [2.75, 3.05) is 32.7 Å². The molecule has 0 aromatic heterocycles. The predicted octanol–water partition coefficient (Wildman–Crippen LogP) is 1.44. The van der Waals surface area contributed by atoms with Gasteiger partial charge in [0.05, 0.1) is 0 Å². The molecule has 1 rings (SSSR count). The topological polar surface area (TPSA) is 41.3 Å². The molecule has 0 radical (unpaired) electrons. The van der Waals surface area contributed by atoms with Crippen LogP contribution in [0, 0.1) is 5.41 Å². The molecule has 3 heteroatoms. The van der Waals surface area contributed by atoms with Gasteiger partial charge < -0.3 is 16.0 Å². The lowest BCUT2D eigenvalue weighted by Gasteiger charge is -2.37. The van der Waals surface area contributed by atoms with Crippen molar-refractivity contribution in [1.82, 2.24) is 10.2 Å². The van der Waals surface area contributed by atoms with E-state index in [-0.39, 0.29) is 5.54 Å². The minimum absolute atomic E-state index is 0.125. The van der Waals surface area contributed by atoms with Gasteiger partial charge in [0.15, 0.2) is 0 Å². The molecule has 3 N–H and O–H groups in total. The Morgan fingerprint density at radius 1 is 1.31 bits per heavy atom. The Bertz CT molecular complexity index is 209. The monoisotopic (exact) mass is 227 g/mol. The summed E-state index contributed by atoms with van der Waals surface area (Å²) >= 11 is 0. The lowest BCUT2D eigenvalue weighted by atomic mass is 9.84. The molecular formula is C13H29N3. The fourth-order valence-electron chi connectivity index (χ4n) is 2.30. The first kappa shape index (κ1) is 13.9. The molecule has 16 heavy (non-hydrogen) atoms. The van der Waals surface area contributed by atoms with E-state index in [1.807, 2.05) is 0 Å². The Labute approximate surface area is 101 Å². The van der Waals surface area contributed by atoms with Crippen LogP contribution in [0.3, 0.4) is 0 Å². The van der Waals surface area contributed by atoms with E-state index >= 15 is 0 Å². The quantitative estimate of drug-likeness (QED) is 0.659. The Kier molecular flexibility index (Phi) is 4.77. The predicted molar refractivity (Wildman–Crippen MR) is 70.6 cm³/mol. The Morgan fingerprint density at radius 2 is 1.88 bits per heavy atom. The third kappa shape index (κ3) is 2.96. The van der Waals surface area contributed by atoms with Crippen molar-refractivity contribution in [3.63, 3.8) is 0 Å². The van der Waals surface area contributed by atoms with Crippen LogP contribution in [0.4, 0.5) is 0 Å². The van der Waals surface area contributed by atoms with Crippen molar-refractivity contribution in [2.45, 2.75) is 46.1 Å². The fourth-order valence-corrected chi connectivity index (χ4v) is 2.30.